The van der Waals surface area contributed by atoms with Crippen LogP contribution in [-0.4, -0.2) is 48.0 Å². The van der Waals surface area contributed by atoms with Crippen LogP contribution in [0.1, 0.15) is 34.1 Å². The van der Waals surface area contributed by atoms with Gasteiger partial charge in [0.1, 0.15) is 23.7 Å². The van der Waals surface area contributed by atoms with Crippen molar-refractivity contribution in [3.8, 4) is 0 Å². The van der Waals surface area contributed by atoms with E-state index in [9.17, 15) is 0 Å². The lowest BCUT2D eigenvalue weighted by Crippen LogP contribution is -2.57. The molecule has 3 fully saturated rings. The van der Waals surface area contributed by atoms with Crippen molar-refractivity contribution in [3.05, 3.63) is 30.3 Å². The SMILES string of the molecule is CC1(C)O[C@H]([C@H]2COC(C)(C)O2)[C@@H]2O[C@H](Sc3ccccc3)C[C@@H]2O1. The minimum Gasteiger partial charge on any atom is -0.358 e. The highest BCUT2D eigenvalue weighted by atomic mass is 32.2. The normalized spacial score (nSPS) is 39.3. The van der Waals surface area contributed by atoms with E-state index >= 15 is 0 Å². The van der Waals surface area contributed by atoms with Crippen molar-refractivity contribution in [2.24, 2.45) is 0 Å². The molecule has 3 heterocycles. The van der Waals surface area contributed by atoms with E-state index < -0.39 is 11.6 Å². The van der Waals surface area contributed by atoms with Gasteiger partial charge in [-0.1, -0.05) is 30.0 Å². The van der Waals surface area contributed by atoms with Crippen molar-refractivity contribution in [1.82, 2.24) is 0 Å². The third kappa shape index (κ3) is 3.89. The molecule has 138 valence electrons. The van der Waals surface area contributed by atoms with Gasteiger partial charge in [-0.05, 0) is 39.8 Å². The van der Waals surface area contributed by atoms with Gasteiger partial charge in [-0.2, -0.15) is 0 Å². The van der Waals surface area contributed by atoms with Crippen LogP contribution >= 0.6 is 11.8 Å². The number of benzene rings is 1. The summed E-state index contributed by atoms with van der Waals surface area (Å²) in [5.74, 6) is -1.24. The molecule has 3 saturated heterocycles. The number of ether oxygens (including phenoxy) is 5. The quantitative estimate of drug-likeness (QED) is 0.815. The van der Waals surface area contributed by atoms with Crippen molar-refractivity contribution in [2.45, 2.75) is 80.4 Å². The molecular weight excluding hydrogens is 340 g/mol. The molecule has 25 heavy (non-hydrogen) atoms. The second kappa shape index (κ2) is 6.51. The summed E-state index contributed by atoms with van der Waals surface area (Å²) in [6.45, 7) is 8.28. The first-order chi connectivity index (χ1) is 11.8. The van der Waals surface area contributed by atoms with Gasteiger partial charge in [0.15, 0.2) is 11.6 Å². The summed E-state index contributed by atoms with van der Waals surface area (Å²) in [6, 6.07) is 10.3. The third-order valence-corrected chi connectivity index (χ3v) is 5.80. The first-order valence-electron chi connectivity index (χ1n) is 8.86. The molecule has 0 spiro atoms. The molecule has 0 radical (unpaired) electrons. The molecule has 0 saturated carbocycles. The number of hydrogen-bond acceptors (Lipinski definition) is 6. The van der Waals surface area contributed by atoms with Gasteiger partial charge in [0.05, 0.1) is 12.7 Å². The Morgan fingerprint density at radius 1 is 0.880 bits per heavy atom. The minimum absolute atomic E-state index is 0.00211. The molecule has 0 aromatic heterocycles. The molecule has 1 aromatic carbocycles. The second-order valence-electron chi connectivity index (χ2n) is 7.70. The maximum absolute atomic E-state index is 6.33. The summed E-state index contributed by atoms with van der Waals surface area (Å²) in [7, 11) is 0. The van der Waals surface area contributed by atoms with Crippen molar-refractivity contribution >= 4 is 11.8 Å². The fraction of sp³-hybridized carbons (Fsp3) is 0.684. The zero-order valence-corrected chi connectivity index (χ0v) is 16.0. The average Bonchev–Trinajstić information content (AvgIpc) is 3.09. The van der Waals surface area contributed by atoms with E-state index in [1.54, 1.807) is 11.8 Å². The van der Waals surface area contributed by atoms with Crippen LogP contribution in [0.5, 0.6) is 0 Å². The van der Waals surface area contributed by atoms with Gasteiger partial charge < -0.3 is 23.7 Å². The molecule has 0 amide bonds. The van der Waals surface area contributed by atoms with E-state index in [0.29, 0.717) is 6.61 Å². The van der Waals surface area contributed by atoms with E-state index in [2.05, 4.69) is 12.1 Å². The van der Waals surface area contributed by atoms with Crippen LogP contribution in [0.15, 0.2) is 35.2 Å². The predicted molar refractivity (Wildman–Crippen MR) is 94.3 cm³/mol. The highest BCUT2D eigenvalue weighted by Crippen LogP contribution is 2.44. The molecule has 0 aliphatic carbocycles. The molecule has 3 aliphatic rings. The summed E-state index contributed by atoms with van der Waals surface area (Å²) in [5.41, 5.74) is 0.0488. The molecule has 4 rings (SSSR count). The van der Waals surface area contributed by atoms with Crippen LogP contribution in [0.4, 0.5) is 0 Å². The molecule has 3 aliphatic heterocycles. The van der Waals surface area contributed by atoms with Gasteiger partial charge in [0.2, 0.25) is 0 Å². The van der Waals surface area contributed by atoms with Gasteiger partial charge in [-0.15, -0.1) is 0 Å². The predicted octanol–water partition coefficient (Wildman–Crippen LogP) is 3.57. The summed E-state index contributed by atoms with van der Waals surface area (Å²) in [4.78, 5) is 1.20. The Labute approximate surface area is 153 Å². The Bertz CT molecular complexity index is 605. The number of hydrogen-bond donors (Lipinski definition) is 0. The van der Waals surface area contributed by atoms with Gasteiger partial charge in [-0.3, -0.25) is 0 Å². The molecule has 1 aromatic rings. The Morgan fingerprint density at radius 3 is 2.28 bits per heavy atom. The maximum Gasteiger partial charge on any atom is 0.163 e. The summed E-state index contributed by atoms with van der Waals surface area (Å²) in [6.07, 6.45) is 0.354. The minimum atomic E-state index is -0.655. The summed E-state index contributed by atoms with van der Waals surface area (Å²) < 4.78 is 30.5. The summed E-state index contributed by atoms with van der Waals surface area (Å²) >= 11 is 1.73. The van der Waals surface area contributed by atoms with Gasteiger partial charge >= 0.3 is 0 Å². The largest absolute Gasteiger partial charge is 0.358 e. The van der Waals surface area contributed by atoms with Crippen LogP contribution in [-0.2, 0) is 23.7 Å². The first kappa shape index (κ1) is 17.8. The van der Waals surface area contributed by atoms with E-state index in [4.69, 9.17) is 23.7 Å². The molecule has 5 nitrogen and oxygen atoms in total. The fourth-order valence-electron chi connectivity index (χ4n) is 3.73. The first-order valence-corrected chi connectivity index (χ1v) is 9.74. The van der Waals surface area contributed by atoms with Gasteiger partial charge in [0.25, 0.3) is 0 Å². The van der Waals surface area contributed by atoms with Crippen molar-refractivity contribution in [1.29, 1.82) is 0 Å². The monoisotopic (exact) mass is 366 g/mol. The zero-order chi connectivity index (χ0) is 17.7. The van der Waals surface area contributed by atoms with Crippen molar-refractivity contribution in [3.63, 3.8) is 0 Å². The standard InChI is InChI=1S/C19H26O5S/c1-18(2)20-11-14(23-18)17-16-13(22-19(3,4)24-17)10-15(21-16)25-12-8-6-5-7-9-12/h5-9,13-17H,10-11H2,1-4H3/t13-,14+,15+,16+,17+/m0/s1. The van der Waals surface area contributed by atoms with Crippen molar-refractivity contribution < 1.29 is 23.7 Å². The lowest BCUT2D eigenvalue weighted by Gasteiger charge is -2.44. The zero-order valence-electron chi connectivity index (χ0n) is 15.1. The fourth-order valence-corrected chi connectivity index (χ4v) is 4.81. The Kier molecular flexibility index (Phi) is 4.63. The number of rotatable bonds is 3. The van der Waals surface area contributed by atoms with Crippen LogP contribution in [0, 0.1) is 0 Å². The third-order valence-electron chi connectivity index (χ3n) is 4.69. The van der Waals surface area contributed by atoms with Gasteiger partial charge in [-0.25, -0.2) is 0 Å². The Hall–Kier alpha value is -0.630. The van der Waals surface area contributed by atoms with Gasteiger partial charge in [0, 0.05) is 11.3 Å². The molecule has 0 unspecified atom stereocenters. The molecular formula is C19H26O5S. The van der Waals surface area contributed by atoms with Crippen LogP contribution in [0.25, 0.3) is 0 Å². The van der Waals surface area contributed by atoms with E-state index in [1.807, 2.05) is 45.9 Å². The lowest BCUT2D eigenvalue weighted by atomic mass is 10.0. The molecule has 6 heteroatoms. The van der Waals surface area contributed by atoms with Crippen LogP contribution in [0.3, 0.4) is 0 Å². The summed E-state index contributed by atoms with van der Waals surface area (Å²) in [5, 5.41) is 0. The topological polar surface area (TPSA) is 46.2 Å². The van der Waals surface area contributed by atoms with E-state index in [0.717, 1.165) is 6.42 Å². The van der Waals surface area contributed by atoms with Crippen LogP contribution in [0.2, 0.25) is 0 Å². The van der Waals surface area contributed by atoms with E-state index in [1.165, 1.54) is 4.90 Å². The smallest absolute Gasteiger partial charge is 0.163 e. The highest BCUT2D eigenvalue weighted by Gasteiger charge is 2.54. The lowest BCUT2D eigenvalue weighted by molar-refractivity contribution is -0.337. The Morgan fingerprint density at radius 2 is 1.60 bits per heavy atom. The van der Waals surface area contributed by atoms with E-state index in [-0.39, 0.29) is 29.9 Å². The maximum atomic E-state index is 6.33. The molecule has 0 N–H and O–H groups in total. The second-order valence-corrected chi connectivity index (χ2v) is 8.94. The Balaban J connectivity index is 1.49. The number of thioether (sulfide) groups is 1. The number of fused-ring (bicyclic) bond motifs is 1. The molecule has 5 atom stereocenters. The highest BCUT2D eigenvalue weighted by molar-refractivity contribution is 7.99. The van der Waals surface area contributed by atoms with Crippen molar-refractivity contribution in [2.75, 3.05) is 6.61 Å². The average molecular weight is 366 g/mol. The molecule has 0 bridgehead atoms. The van der Waals surface area contributed by atoms with Crippen LogP contribution < -0.4 is 0 Å².